The van der Waals surface area contributed by atoms with Gasteiger partial charge in [0.15, 0.2) is 0 Å². The Morgan fingerprint density at radius 3 is 2.77 bits per heavy atom. The quantitative estimate of drug-likeness (QED) is 0.786. The van der Waals surface area contributed by atoms with Gasteiger partial charge in [0, 0.05) is 5.56 Å². The molecule has 0 aliphatic carbocycles. The number of hydrogen-bond acceptors (Lipinski definition) is 3. The van der Waals surface area contributed by atoms with E-state index in [2.05, 4.69) is 0 Å². The van der Waals surface area contributed by atoms with Crippen LogP contribution in [0.3, 0.4) is 0 Å². The van der Waals surface area contributed by atoms with Crippen LogP contribution < -0.4 is 4.74 Å². The molecule has 0 radical (unpaired) electrons. The molecule has 2 aromatic carbocycles. The van der Waals surface area contributed by atoms with Crippen molar-refractivity contribution in [3.05, 3.63) is 65.2 Å². The normalized spacial score (nSPS) is 10.8. The number of fused-ring (bicyclic) bond motifs is 1. The zero-order valence-corrected chi connectivity index (χ0v) is 11.8. The molecule has 3 aromatic rings. The first-order valence-corrected chi connectivity index (χ1v) is 6.68. The lowest BCUT2D eigenvalue weighted by atomic mass is 10.1. The SMILES string of the molecule is Cc1cc2c(OCc3ccccc3F)cc(C(=O)O)cc2o1. The average Bonchev–Trinajstić information content (AvgIpc) is 2.86. The monoisotopic (exact) mass is 300 g/mol. The number of aryl methyl sites for hydroxylation is 1. The van der Waals surface area contributed by atoms with Crippen LogP contribution in [0.1, 0.15) is 21.7 Å². The van der Waals surface area contributed by atoms with E-state index in [-0.39, 0.29) is 18.0 Å². The lowest BCUT2D eigenvalue weighted by Gasteiger charge is -2.09. The molecule has 0 saturated carbocycles. The Kier molecular flexibility index (Phi) is 3.55. The van der Waals surface area contributed by atoms with E-state index in [4.69, 9.17) is 14.3 Å². The molecule has 112 valence electrons. The van der Waals surface area contributed by atoms with Gasteiger partial charge in [-0.3, -0.25) is 0 Å². The maximum absolute atomic E-state index is 13.6. The maximum Gasteiger partial charge on any atom is 0.335 e. The molecular weight excluding hydrogens is 287 g/mol. The molecule has 0 saturated heterocycles. The second kappa shape index (κ2) is 5.52. The second-order valence-corrected chi connectivity index (χ2v) is 4.93. The molecule has 1 heterocycles. The second-order valence-electron chi connectivity index (χ2n) is 4.93. The summed E-state index contributed by atoms with van der Waals surface area (Å²) >= 11 is 0. The van der Waals surface area contributed by atoms with Gasteiger partial charge in [-0.15, -0.1) is 0 Å². The largest absolute Gasteiger partial charge is 0.488 e. The number of aromatic carboxylic acids is 1. The molecule has 5 heteroatoms. The fourth-order valence-electron chi connectivity index (χ4n) is 2.25. The molecule has 0 atom stereocenters. The van der Waals surface area contributed by atoms with Gasteiger partial charge >= 0.3 is 5.97 Å². The highest BCUT2D eigenvalue weighted by molar-refractivity contribution is 5.95. The summed E-state index contributed by atoms with van der Waals surface area (Å²) in [6.07, 6.45) is 0. The van der Waals surface area contributed by atoms with Crippen molar-refractivity contribution in [3.63, 3.8) is 0 Å². The molecule has 4 nitrogen and oxygen atoms in total. The van der Waals surface area contributed by atoms with Crippen molar-refractivity contribution in [1.82, 2.24) is 0 Å². The summed E-state index contributed by atoms with van der Waals surface area (Å²) in [5.41, 5.74) is 0.892. The van der Waals surface area contributed by atoms with E-state index in [1.807, 2.05) is 0 Å². The van der Waals surface area contributed by atoms with Crippen molar-refractivity contribution in [2.45, 2.75) is 13.5 Å². The van der Waals surface area contributed by atoms with E-state index in [9.17, 15) is 9.18 Å². The van der Waals surface area contributed by atoms with E-state index < -0.39 is 5.97 Å². The van der Waals surface area contributed by atoms with E-state index in [1.165, 1.54) is 18.2 Å². The first-order chi connectivity index (χ1) is 10.5. The zero-order chi connectivity index (χ0) is 15.7. The standard InChI is InChI=1S/C17H13FO4/c1-10-6-13-15(7-12(17(19)20)8-16(13)22-10)21-9-11-4-2-3-5-14(11)18/h2-8H,9H2,1H3,(H,19,20). The van der Waals surface area contributed by atoms with Gasteiger partial charge in [-0.2, -0.15) is 0 Å². The van der Waals surface area contributed by atoms with Crippen molar-refractivity contribution >= 4 is 16.9 Å². The number of hydrogen-bond donors (Lipinski definition) is 1. The average molecular weight is 300 g/mol. The van der Waals surface area contributed by atoms with Crippen LogP contribution in [-0.4, -0.2) is 11.1 Å². The van der Waals surface area contributed by atoms with E-state index >= 15 is 0 Å². The van der Waals surface area contributed by atoms with Gasteiger partial charge in [-0.05, 0) is 31.2 Å². The van der Waals surface area contributed by atoms with Crippen LogP contribution in [0.5, 0.6) is 5.75 Å². The summed E-state index contributed by atoms with van der Waals surface area (Å²) in [7, 11) is 0. The predicted octanol–water partition coefficient (Wildman–Crippen LogP) is 4.16. The minimum atomic E-state index is -1.08. The highest BCUT2D eigenvalue weighted by Crippen LogP contribution is 2.31. The number of carboxylic acids is 1. The van der Waals surface area contributed by atoms with Gasteiger partial charge in [0.05, 0.1) is 10.9 Å². The van der Waals surface area contributed by atoms with Crippen molar-refractivity contribution < 1.29 is 23.4 Å². The van der Waals surface area contributed by atoms with Crippen LogP contribution in [0.4, 0.5) is 4.39 Å². The van der Waals surface area contributed by atoms with Gasteiger partial charge in [-0.25, -0.2) is 9.18 Å². The number of carbonyl (C=O) groups is 1. The number of rotatable bonds is 4. The van der Waals surface area contributed by atoms with E-state index in [0.29, 0.717) is 28.0 Å². The third-order valence-electron chi connectivity index (χ3n) is 3.31. The number of halogens is 1. The van der Waals surface area contributed by atoms with E-state index in [0.717, 1.165) is 0 Å². The maximum atomic E-state index is 13.6. The Balaban J connectivity index is 1.98. The third-order valence-corrected chi connectivity index (χ3v) is 3.31. The number of carboxylic acid groups (broad SMARTS) is 1. The third kappa shape index (κ3) is 2.65. The van der Waals surface area contributed by atoms with Crippen LogP contribution in [0, 0.1) is 12.7 Å². The van der Waals surface area contributed by atoms with E-state index in [1.54, 1.807) is 31.2 Å². The molecule has 0 amide bonds. The Labute approximate surface area is 125 Å². The summed E-state index contributed by atoms with van der Waals surface area (Å²) in [6.45, 7) is 1.77. The van der Waals surface area contributed by atoms with Crippen LogP contribution in [-0.2, 0) is 6.61 Å². The van der Waals surface area contributed by atoms with Gasteiger partial charge in [0.1, 0.15) is 29.5 Å². The predicted molar refractivity (Wildman–Crippen MR) is 78.6 cm³/mol. The topological polar surface area (TPSA) is 59.7 Å². The lowest BCUT2D eigenvalue weighted by Crippen LogP contribution is -2.01. The summed E-state index contributed by atoms with van der Waals surface area (Å²) in [4.78, 5) is 11.2. The molecule has 0 aliphatic heterocycles. The van der Waals surface area contributed by atoms with Crippen molar-refractivity contribution in [3.8, 4) is 5.75 Å². The Hall–Kier alpha value is -2.82. The minimum Gasteiger partial charge on any atom is -0.488 e. The molecule has 0 unspecified atom stereocenters. The van der Waals surface area contributed by atoms with Gasteiger partial charge in [0.25, 0.3) is 0 Å². The summed E-state index contributed by atoms with van der Waals surface area (Å²) in [6, 6.07) is 10.9. The minimum absolute atomic E-state index is 0.00900. The lowest BCUT2D eigenvalue weighted by molar-refractivity contribution is 0.0696. The molecular formula is C17H13FO4. The molecule has 0 aliphatic rings. The summed E-state index contributed by atoms with van der Waals surface area (Å²) in [5, 5.41) is 9.81. The zero-order valence-electron chi connectivity index (χ0n) is 11.8. The van der Waals surface area contributed by atoms with Gasteiger partial charge < -0.3 is 14.3 Å². The molecule has 1 N–H and O–H groups in total. The molecule has 0 fully saturated rings. The Morgan fingerprint density at radius 1 is 1.27 bits per heavy atom. The first-order valence-electron chi connectivity index (χ1n) is 6.68. The van der Waals surface area contributed by atoms with Gasteiger partial charge in [0.2, 0.25) is 0 Å². The Bertz CT molecular complexity index is 851. The van der Waals surface area contributed by atoms with Crippen molar-refractivity contribution in [2.75, 3.05) is 0 Å². The molecule has 0 bridgehead atoms. The molecule has 3 rings (SSSR count). The molecule has 22 heavy (non-hydrogen) atoms. The van der Waals surface area contributed by atoms with Crippen LogP contribution >= 0.6 is 0 Å². The first kappa shape index (κ1) is 14.1. The fourth-order valence-corrected chi connectivity index (χ4v) is 2.25. The van der Waals surface area contributed by atoms with Crippen LogP contribution in [0.25, 0.3) is 11.0 Å². The smallest absolute Gasteiger partial charge is 0.335 e. The fraction of sp³-hybridized carbons (Fsp3) is 0.118. The van der Waals surface area contributed by atoms with Crippen molar-refractivity contribution in [1.29, 1.82) is 0 Å². The highest BCUT2D eigenvalue weighted by Gasteiger charge is 2.14. The number of ether oxygens (including phenoxy) is 1. The molecule has 1 aromatic heterocycles. The van der Waals surface area contributed by atoms with Crippen LogP contribution in [0.15, 0.2) is 46.9 Å². The van der Waals surface area contributed by atoms with Crippen LogP contribution in [0.2, 0.25) is 0 Å². The molecule has 0 spiro atoms. The highest BCUT2D eigenvalue weighted by atomic mass is 19.1. The summed E-state index contributed by atoms with van der Waals surface area (Å²) in [5.74, 6) is -0.438. The van der Waals surface area contributed by atoms with Crippen molar-refractivity contribution in [2.24, 2.45) is 0 Å². The number of benzene rings is 2. The van der Waals surface area contributed by atoms with Gasteiger partial charge in [-0.1, -0.05) is 18.2 Å². The number of furan rings is 1. The Morgan fingerprint density at radius 2 is 2.05 bits per heavy atom. The summed E-state index contributed by atoms with van der Waals surface area (Å²) < 4.78 is 24.7.